The van der Waals surface area contributed by atoms with Gasteiger partial charge >= 0.3 is 0 Å². The molecular weight excluding hydrogens is 284 g/mol. The fourth-order valence-corrected chi connectivity index (χ4v) is 2.58. The molecule has 0 aliphatic heterocycles. The Kier molecular flexibility index (Phi) is 4.99. The first-order valence-electron chi connectivity index (χ1n) is 6.82. The van der Waals surface area contributed by atoms with Gasteiger partial charge in [0.25, 0.3) is 0 Å². The number of rotatable bonds is 6. The number of fused-ring (bicyclic) bond motifs is 1. The van der Waals surface area contributed by atoms with E-state index in [1.807, 2.05) is 25.1 Å². The molecule has 4 heteroatoms. The molecule has 3 nitrogen and oxygen atoms in total. The third-order valence-electron chi connectivity index (χ3n) is 3.43. The zero-order valence-electron chi connectivity index (χ0n) is 12.2. The van der Waals surface area contributed by atoms with E-state index in [2.05, 4.69) is 23.0 Å². The Morgan fingerprint density at radius 2 is 1.95 bits per heavy atom. The molecule has 0 fully saturated rings. The van der Waals surface area contributed by atoms with E-state index in [1.165, 1.54) is 0 Å². The van der Waals surface area contributed by atoms with Crippen molar-refractivity contribution < 1.29 is 0 Å². The highest BCUT2D eigenvalue weighted by Gasteiger charge is 2.12. The molecule has 0 spiro atoms. The van der Waals surface area contributed by atoms with Gasteiger partial charge in [-0.2, -0.15) is 0 Å². The Hall–Kier alpha value is -1.84. The maximum atomic E-state index is 12.7. The Morgan fingerprint density at radius 1 is 1.29 bits per heavy atom. The van der Waals surface area contributed by atoms with Crippen LogP contribution in [0.5, 0.6) is 0 Å². The highest BCUT2D eigenvalue weighted by molar-refractivity contribution is 6.31. The lowest BCUT2D eigenvalue weighted by molar-refractivity contribution is 0.326. The van der Waals surface area contributed by atoms with Crippen LogP contribution >= 0.6 is 11.6 Å². The molecule has 0 aliphatic rings. The maximum Gasteiger partial charge on any atom is 0.194 e. The van der Waals surface area contributed by atoms with Crippen molar-refractivity contribution in [2.45, 2.75) is 13.5 Å². The number of hydrogen-bond donors (Lipinski definition) is 1. The quantitative estimate of drug-likeness (QED) is 0.827. The van der Waals surface area contributed by atoms with Crippen LogP contribution in [0, 0.1) is 6.92 Å². The monoisotopic (exact) mass is 302 g/mol. The summed E-state index contributed by atoms with van der Waals surface area (Å²) in [6.45, 7) is 11.4. The summed E-state index contributed by atoms with van der Waals surface area (Å²) in [5.74, 6) is 0. The molecule has 0 unspecified atom stereocenters. The van der Waals surface area contributed by atoms with Gasteiger partial charge in [-0.3, -0.25) is 9.69 Å². The molecule has 110 valence electrons. The highest BCUT2D eigenvalue weighted by Crippen LogP contribution is 2.17. The van der Waals surface area contributed by atoms with Gasteiger partial charge in [-0.1, -0.05) is 23.8 Å². The summed E-state index contributed by atoms with van der Waals surface area (Å²) < 4.78 is 0. The summed E-state index contributed by atoms with van der Waals surface area (Å²) in [4.78, 5) is 18.1. The van der Waals surface area contributed by atoms with E-state index >= 15 is 0 Å². The molecule has 0 bridgehead atoms. The van der Waals surface area contributed by atoms with E-state index in [0.717, 1.165) is 16.8 Å². The third-order valence-corrected chi connectivity index (χ3v) is 3.67. The minimum Gasteiger partial charge on any atom is -0.358 e. The highest BCUT2D eigenvalue weighted by atomic mass is 35.5. The molecule has 1 heterocycles. The first-order chi connectivity index (χ1) is 10.1. The van der Waals surface area contributed by atoms with Gasteiger partial charge in [-0.15, -0.1) is 13.2 Å². The van der Waals surface area contributed by atoms with E-state index in [0.29, 0.717) is 30.0 Å². The Labute approximate surface area is 129 Å². The van der Waals surface area contributed by atoms with Gasteiger partial charge < -0.3 is 4.98 Å². The number of aromatic amines is 1. The fourth-order valence-electron chi connectivity index (χ4n) is 2.41. The molecule has 0 amide bonds. The largest absolute Gasteiger partial charge is 0.358 e. The van der Waals surface area contributed by atoms with Crippen LogP contribution in [0.1, 0.15) is 11.3 Å². The van der Waals surface area contributed by atoms with Crippen LogP contribution in [-0.2, 0) is 6.54 Å². The van der Waals surface area contributed by atoms with E-state index in [9.17, 15) is 4.79 Å². The number of H-pyrrole nitrogens is 1. The number of aryl methyl sites for hydroxylation is 1. The van der Waals surface area contributed by atoms with Crippen LogP contribution in [0.25, 0.3) is 10.9 Å². The van der Waals surface area contributed by atoms with Crippen molar-refractivity contribution in [3.05, 3.63) is 70.0 Å². The summed E-state index contributed by atoms with van der Waals surface area (Å²) in [6.07, 6.45) is 3.65. The van der Waals surface area contributed by atoms with Gasteiger partial charge in [0.15, 0.2) is 5.43 Å². The summed E-state index contributed by atoms with van der Waals surface area (Å²) in [6, 6.07) is 5.33. The van der Waals surface area contributed by atoms with E-state index < -0.39 is 0 Å². The average Bonchev–Trinajstić information content (AvgIpc) is 2.45. The molecule has 1 aromatic carbocycles. The topological polar surface area (TPSA) is 36.1 Å². The number of aromatic nitrogens is 1. The normalized spacial score (nSPS) is 11.0. The van der Waals surface area contributed by atoms with Crippen LogP contribution in [-0.4, -0.2) is 23.0 Å². The van der Waals surface area contributed by atoms with Gasteiger partial charge in [-0.25, -0.2) is 0 Å². The minimum absolute atomic E-state index is 0.0295. The summed E-state index contributed by atoms with van der Waals surface area (Å²) in [7, 11) is 0. The second-order valence-corrected chi connectivity index (χ2v) is 5.46. The lowest BCUT2D eigenvalue weighted by atomic mass is 10.1. The maximum absolute atomic E-state index is 12.7. The number of hydrogen-bond acceptors (Lipinski definition) is 2. The summed E-state index contributed by atoms with van der Waals surface area (Å²) in [5, 5.41) is 1.19. The van der Waals surface area contributed by atoms with Crippen LogP contribution < -0.4 is 5.43 Å². The second-order valence-electron chi connectivity index (χ2n) is 5.02. The van der Waals surface area contributed by atoms with Crippen LogP contribution in [0.15, 0.2) is 48.3 Å². The molecular formula is C17H19ClN2O. The first-order valence-corrected chi connectivity index (χ1v) is 7.19. The molecule has 2 rings (SSSR count). The molecule has 0 aliphatic carbocycles. The predicted octanol–water partition coefficient (Wildman–Crippen LogP) is 3.66. The van der Waals surface area contributed by atoms with Gasteiger partial charge in [0.05, 0.1) is 0 Å². The average molecular weight is 303 g/mol. The van der Waals surface area contributed by atoms with Crippen LogP contribution in [0.3, 0.4) is 0 Å². The van der Waals surface area contributed by atoms with Gasteiger partial charge in [0, 0.05) is 46.8 Å². The molecule has 1 aromatic heterocycles. The molecule has 0 saturated heterocycles. The molecule has 0 radical (unpaired) electrons. The van der Waals surface area contributed by atoms with Crippen molar-refractivity contribution in [3.63, 3.8) is 0 Å². The van der Waals surface area contributed by atoms with Crippen molar-refractivity contribution >= 4 is 22.5 Å². The summed E-state index contributed by atoms with van der Waals surface area (Å²) in [5.41, 5.74) is 2.48. The van der Waals surface area contributed by atoms with Crippen molar-refractivity contribution in [1.82, 2.24) is 9.88 Å². The SMILES string of the molecule is C=CCN(CC=C)Cc1c(C)[nH]c2ccc(Cl)cc2c1=O. The minimum atomic E-state index is 0.0295. The smallest absolute Gasteiger partial charge is 0.194 e. The Bertz CT molecular complexity index is 723. The van der Waals surface area contributed by atoms with Crippen molar-refractivity contribution in [2.75, 3.05) is 13.1 Å². The number of pyridine rings is 1. The van der Waals surface area contributed by atoms with Crippen LogP contribution in [0.4, 0.5) is 0 Å². The van der Waals surface area contributed by atoms with E-state index in [4.69, 9.17) is 11.6 Å². The Balaban J connectivity index is 2.50. The van der Waals surface area contributed by atoms with Gasteiger partial charge in [0.1, 0.15) is 0 Å². The molecule has 1 N–H and O–H groups in total. The Morgan fingerprint density at radius 3 is 2.57 bits per heavy atom. The number of nitrogens with one attached hydrogen (secondary N) is 1. The predicted molar refractivity (Wildman–Crippen MR) is 90.0 cm³/mol. The second kappa shape index (κ2) is 6.74. The molecule has 21 heavy (non-hydrogen) atoms. The zero-order chi connectivity index (χ0) is 15.4. The van der Waals surface area contributed by atoms with Crippen LogP contribution in [0.2, 0.25) is 5.02 Å². The summed E-state index contributed by atoms with van der Waals surface area (Å²) >= 11 is 6.00. The zero-order valence-corrected chi connectivity index (χ0v) is 12.9. The van der Waals surface area contributed by atoms with E-state index in [-0.39, 0.29) is 5.43 Å². The fraction of sp³-hybridized carbons (Fsp3) is 0.235. The number of benzene rings is 1. The van der Waals surface area contributed by atoms with E-state index in [1.54, 1.807) is 12.1 Å². The van der Waals surface area contributed by atoms with Crippen molar-refractivity contribution in [3.8, 4) is 0 Å². The number of nitrogens with zero attached hydrogens (tertiary/aromatic N) is 1. The molecule has 0 saturated carbocycles. The lowest BCUT2D eigenvalue weighted by Crippen LogP contribution is -2.27. The lowest BCUT2D eigenvalue weighted by Gasteiger charge is -2.19. The van der Waals surface area contributed by atoms with Gasteiger partial charge in [0.2, 0.25) is 0 Å². The number of halogens is 1. The van der Waals surface area contributed by atoms with Crippen molar-refractivity contribution in [1.29, 1.82) is 0 Å². The molecule has 2 aromatic rings. The molecule has 0 atom stereocenters. The third kappa shape index (κ3) is 3.43. The van der Waals surface area contributed by atoms with Crippen molar-refractivity contribution in [2.24, 2.45) is 0 Å². The van der Waals surface area contributed by atoms with Gasteiger partial charge in [-0.05, 0) is 25.1 Å². The standard InChI is InChI=1S/C17H19ClN2O/c1-4-8-20(9-5-2)11-15-12(3)19-16-7-6-13(18)10-14(16)17(15)21/h4-7,10H,1-2,8-9,11H2,3H3,(H,19,21). The first kappa shape index (κ1) is 15.5.